The predicted molar refractivity (Wildman–Crippen MR) is 73.8 cm³/mol. The molecule has 0 amide bonds. The molecule has 0 unspecified atom stereocenters. The van der Waals surface area contributed by atoms with E-state index in [1.165, 1.54) is 0 Å². The molecule has 0 saturated heterocycles. The van der Waals surface area contributed by atoms with E-state index in [1.54, 1.807) is 6.07 Å². The summed E-state index contributed by atoms with van der Waals surface area (Å²) >= 11 is 2.04. The van der Waals surface area contributed by atoms with Crippen molar-refractivity contribution >= 4 is 15.0 Å². The number of phenols is 1. The Morgan fingerprint density at radius 2 is 1.50 bits per heavy atom. The maximum absolute atomic E-state index is 11.3. The van der Waals surface area contributed by atoms with Crippen LogP contribution in [-0.2, 0) is 29.4 Å². The van der Waals surface area contributed by atoms with Crippen molar-refractivity contribution in [1.82, 2.24) is 0 Å². The van der Waals surface area contributed by atoms with Crippen molar-refractivity contribution in [2.75, 3.05) is 0 Å². The van der Waals surface area contributed by atoms with Crippen LogP contribution in [0.3, 0.4) is 0 Å². The first-order valence-corrected chi connectivity index (χ1v) is 8.30. The fourth-order valence-corrected chi connectivity index (χ4v) is 4.18. The van der Waals surface area contributed by atoms with Crippen LogP contribution in [0.2, 0.25) is 8.70 Å². The van der Waals surface area contributed by atoms with Gasteiger partial charge in [-0.3, -0.25) is 0 Å². The van der Waals surface area contributed by atoms with E-state index in [-0.39, 0.29) is 20.0 Å². The Morgan fingerprint density at radius 3 is 1.90 bits per heavy atom. The van der Waals surface area contributed by atoms with E-state index in [4.69, 9.17) is 0 Å². The number of carboxylic acids is 1. The van der Waals surface area contributed by atoms with Gasteiger partial charge in [-0.25, -0.2) is 0 Å². The van der Waals surface area contributed by atoms with Gasteiger partial charge < -0.3 is 0 Å². The van der Waals surface area contributed by atoms with E-state index in [2.05, 4.69) is 41.5 Å². The summed E-state index contributed by atoms with van der Waals surface area (Å²) in [5, 5.41) is 19.4. The summed E-state index contributed by atoms with van der Waals surface area (Å²) in [6.07, 6.45) is 0. The Kier molecular flexibility index (Phi) is 5.35. The van der Waals surface area contributed by atoms with Gasteiger partial charge in [-0.15, -0.1) is 0 Å². The molecule has 0 atom stereocenters. The fourth-order valence-electron chi connectivity index (χ4n) is 1.37. The van der Waals surface area contributed by atoms with Gasteiger partial charge in [0.25, 0.3) is 0 Å². The number of aromatic hydroxyl groups is 1. The summed E-state index contributed by atoms with van der Waals surface area (Å²) in [5.74, 6) is -1.20. The van der Waals surface area contributed by atoms with Crippen molar-refractivity contribution in [1.29, 1.82) is 0 Å². The van der Waals surface area contributed by atoms with E-state index in [9.17, 15) is 15.0 Å². The third-order valence-electron chi connectivity index (χ3n) is 1.91. The molecule has 3 nitrogen and oxygen atoms in total. The van der Waals surface area contributed by atoms with Crippen LogP contribution in [-0.4, -0.2) is 16.2 Å². The molecule has 0 bridgehead atoms. The van der Waals surface area contributed by atoms with Crippen LogP contribution < -0.4 is 9.00 Å². The molecule has 0 aromatic heterocycles. The zero-order valence-electron chi connectivity index (χ0n) is 12.6. The zero-order valence-corrected chi connectivity index (χ0v) is 14.7. The third kappa shape index (κ3) is 5.48. The minimum absolute atomic E-state index is 0.0101. The molecular weight excluding hydrogens is 346 g/mol. The number of benzene rings is 1. The number of hydrogen-bond donors (Lipinski definition) is 2. The molecule has 20 heavy (non-hydrogen) atoms. The molecule has 1 aromatic rings. The summed E-state index contributed by atoms with van der Waals surface area (Å²) < 4.78 is 1.61. The van der Waals surface area contributed by atoms with E-state index in [0.29, 0.717) is 4.50 Å². The topological polar surface area (TPSA) is 57.5 Å². The molecule has 0 radical (unpaired) electrons. The van der Waals surface area contributed by atoms with Gasteiger partial charge in [0.2, 0.25) is 0 Å². The molecule has 1 aromatic carbocycles. The summed E-state index contributed by atoms with van der Waals surface area (Å²) in [6.45, 7) is 12.5. The predicted octanol–water partition coefficient (Wildman–Crippen LogP) is 2.94. The molecule has 0 aliphatic rings. The Labute approximate surface area is 133 Å². The number of rotatable bonds is 3. The van der Waals surface area contributed by atoms with E-state index >= 15 is 0 Å². The van der Waals surface area contributed by atoms with Gasteiger partial charge in [-0.1, -0.05) is 0 Å². The molecule has 0 saturated carbocycles. The van der Waals surface area contributed by atoms with Crippen LogP contribution in [0.1, 0.15) is 51.9 Å². The Morgan fingerprint density at radius 1 is 1.00 bits per heavy atom. The van der Waals surface area contributed by atoms with E-state index in [1.807, 2.05) is 6.07 Å². The average Bonchev–Trinajstić information content (AvgIpc) is 2.17. The van der Waals surface area contributed by atoms with Crippen LogP contribution in [0.15, 0.2) is 12.1 Å². The van der Waals surface area contributed by atoms with Gasteiger partial charge in [0.05, 0.1) is 0 Å². The van der Waals surface area contributed by atoms with E-state index in [0.717, 1.165) is 33.9 Å². The molecule has 0 aliphatic carbocycles. The number of aromatic carboxylic acids is 1. The van der Waals surface area contributed by atoms with Crippen molar-refractivity contribution < 1.29 is 44.4 Å². The second-order valence-electron chi connectivity index (χ2n) is 6.21. The quantitative estimate of drug-likeness (QED) is 0.863. The van der Waals surface area contributed by atoms with Gasteiger partial charge in [0.1, 0.15) is 0 Å². The van der Waals surface area contributed by atoms with Gasteiger partial charge in [0, 0.05) is 0 Å². The molecule has 0 heterocycles. The number of carboxylic acid groups (broad SMARTS) is 1. The molecule has 118 valence electrons. The van der Waals surface area contributed by atoms with Crippen LogP contribution >= 0.6 is 0 Å². The molecule has 0 spiro atoms. The van der Waals surface area contributed by atoms with Crippen LogP contribution in [0.5, 0.6) is 5.75 Å². The van der Waals surface area contributed by atoms with Crippen LogP contribution in [0, 0.1) is 0 Å². The van der Waals surface area contributed by atoms with Gasteiger partial charge in [-0.05, 0) is 0 Å². The van der Waals surface area contributed by atoms with Crippen molar-refractivity contribution in [2.24, 2.45) is 0 Å². The first-order chi connectivity index (χ1) is 8.89. The van der Waals surface area contributed by atoms with Crippen molar-refractivity contribution in [3.05, 3.63) is 17.7 Å². The summed E-state index contributed by atoms with van der Waals surface area (Å²) in [4.78, 5) is 11.3. The van der Waals surface area contributed by atoms with Crippen LogP contribution in [0.25, 0.3) is 0 Å². The van der Waals surface area contributed by atoms with Crippen molar-refractivity contribution in [3.63, 3.8) is 0 Å². The molecule has 2 N–H and O–H groups in total. The van der Waals surface area contributed by atoms with Crippen molar-refractivity contribution in [2.45, 2.75) is 50.2 Å². The Hall–Kier alpha value is -0.497. The zero-order chi connectivity index (χ0) is 15.7. The second-order valence-corrected chi connectivity index (χ2v) is 11.0. The molecule has 0 fully saturated rings. The standard InChI is InChI=1S/C7H4O3.2C4H9.2Co/c8-6-4-2-1-3-5(6)7(9)10;2*1-4(2)3;;/h2-3,8H,(H,9,10);2*1-3H3;;. The molecular formula is C15H22Co2O3. The SMILES string of the molecule is C[C](C)(C)[Co][c]1c[c]([Co][C](C)(C)C)c(O)c(C(=O)O)c1. The van der Waals surface area contributed by atoms with Crippen molar-refractivity contribution in [3.8, 4) is 5.75 Å². The van der Waals surface area contributed by atoms with Crippen LogP contribution in [0.4, 0.5) is 0 Å². The van der Waals surface area contributed by atoms with Gasteiger partial charge in [0.15, 0.2) is 0 Å². The van der Waals surface area contributed by atoms with E-state index < -0.39 is 5.97 Å². The fraction of sp³-hybridized carbons (Fsp3) is 0.533. The summed E-state index contributed by atoms with van der Waals surface area (Å²) in [5.41, 5.74) is -0.0101. The first kappa shape index (κ1) is 17.6. The monoisotopic (exact) mass is 368 g/mol. The average molecular weight is 368 g/mol. The number of carbonyl (C=O) groups is 1. The summed E-state index contributed by atoms with van der Waals surface area (Å²) in [6, 6.07) is 3.49. The maximum atomic E-state index is 11.3. The Bertz CT molecular complexity index is 511. The first-order valence-electron chi connectivity index (χ1n) is 6.22. The molecule has 5 heteroatoms. The summed E-state index contributed by atoms with van der Waals surface area (Å²) in [7, 11) is 0. The van der Waals surface area contributed by atoms with Gasteiger partial charge in [-0.2, -0.15) is 0 Å². The normalized spacial score (nSPS) is 12.9. The molecule has 0 aliphatic heterocycles. The third-order valence-corrected chi connectivity index (χ3v) is 4.75. The second kappa shape index (κ2) is 6.09. The Balaban J connectivity index is 3.32. The number of hydrogen-bond acceptors (Lipinski definition) is 2. The molecule has 1 rings (SSSR count). The van der Waals surface area contributed by atoms with Gasteiger partial charge >= 0.3 is 133 Å². The minimum atomic E-state index is -1.09.